The number of imidazole rings is 1. The fourth-order valence-electron chi connectivity index (χ4n) is 1.68. The first-order valence-electron chi connectivity index (χ1n) is 5.58. The maximum atomic E-state index is 12.1. The number of aromatic nitrogens is 2. The Morgan fingerprint density at radius 2 is 2.37 bits per heavy atom. The number of aldehydes is 1. The summed E-state index contributed by atoms with van der Waals surface area (Å²) in [5, 5.41) is 9.04. The number of amides is 1. The summed E-state index contributed by atoms with van der Waals surface area (Å²) in [6.45, 7) is -0.509. The summed E-state index contributed by atoms with van der Waals surface area (Å²) in [4.78, 5) is 34.5. The van der Waals surface area contributed by atoms with Gasteiger partial charge < -0.3 is 20.6 Å². The fourth-order valence-corrected chi connectivity index (χ4v) is 1.68. The number of hydrogen-bond donors (Lipinski definition) is 3. The van der Waals surface area contributed by atoms with Crippen LogP contribution in [-0.2, 0) is 9.59 Å². The molecule has 0 bridgehead atoms. The number of aromatic amines is 1. The number of nitrogens with two attached hydrogens (primary N) is 1. The van der Waals surface area contributed by atoms with Crippen molar-refractivity contribution in [3.8, 4) is 0 Å². The van der Waals surface area contributed by atoms with Gasteiger partial charge in [0.25, 0.3) is 5.91 Å². The van der Waals surface area contributed by atoms with Gasteiger partial charge in [0.15, 0.2) is 0 Å². The lowest BCUT2D eigenvalue weighted by Gasteiger charge is -2.18. The minimum absolute atomic E-state index is 0.144. The Morgan fingerprint density at radius 1 is 1.58 bits per heavy atom. The Labute approximate surface area is 108 Å². The van der Waals surface area contributed by atoms with Crippen LogP contribution in [0.2, 0.25) is 0 Å². The molecule has 1 aliphatic rings. The number of aliphatic hydroxyl groups is 1. The Kier molecular flexibility index (Phi) is 3.83. The molecule has 0 fully saturated rings. The highest BCUT2D eigenvalue weighted by Gasteiger charge is 2.32. The molecule has 8 nitrogen and oxygen atoms in total. The quantitative estimate of drug-likeness (QED) is 0.441. The second kappa shape index (κ2) is 5.55. The first-order chi connectivity index (χ1) is 9.17. The van der Waals surface area contributed by atoms with Crippen LogP contribution in [0.1, 0.15) is 5.69 Å². The van der Waals surface area contributed by atoms with E-state index in [9.17, 15) is 9.59 Å². The summed E-state index contributed by atoms with van der Waals surface area (Å²) < 4.78 is 0. The summed E-state index contributed by atoms with van der Waals surface area (Å²) in [5.74, 6) is -0.244. The number of nitrogens with one attached hydrogen (secondary N) is 1. The first kappa shape index (κ1) is 13.1. The largest absolute Gasteiger partial charge is 0.394 e. The van der Waals surface area contributed by atoms with Crippen molar-refractivity contribution in [1.29, 1.82) is 0 Å². The molecule has 0 aliphatic carbocycles. The molecule has 1 aromatic heterocycles. The molecule has 4 N–H and O–H groups in total. The van der Waals surface area contributed by atoms with Crippen LogP contribution in [0.3, 0.4) is 0 Å². The lowest BCUT2D eigenvalue weighted by atomic mass is 10.3. The maximum Gasteiger partial charge on any atom is 0.278 e. The summed E-state index contributed by atoms with van der Waals surface area (Å²) >= 11 is 0. The van der Waals surface area contributed by atoms with E-state index in [0.29, 0.717) is 12.0 Å². The van der Waals surface area contributed by atoms with Crippen LogP contribution < -0.4 is 5.73 Å². The number of rotatable bonds is 5. The van der Waals surface area contributed by atoms with Crippen molar-refractivity contribution in [1.82, 2.24) is 14.9 Å². The summed E-state index contributed by atoms with van der Waals surface area (Å²) in [6, 6.07) is -0.809. The smallest absolute Gasteiger partial charge is 0.278 e. The molecule has 2 heterocycles. The first-order valence-corrected chi connectivity index (χ1v) is 5.58. The molecule has 100 valence electrons. The van der Waals surface area contributed by atoms with Gasteiger partial charge in [-0.15, -0.1) is 0 Å². The van der Waals surface area contributed by atoms with Crippen molar-refractivity contribution in [3.63, 3.8) is 0 Å². The van der Waals surface area contributed by atoms with E-state index in [2.05, 4.69) is 15.0 Å². The van der Waals surface area contributed by atoms with Crippen molar-refractivity contribution in [2.75, 3.05) is 13.2 Å². The number of nitrogens with zero attached hydrogens (tertiary/aromatic N) is 3. The molecule has 0 aromatic carbocycles. The van der Waals surface area contributed by atoms with E-state index in [1.165, 1.54) is 18.6 Å². The number of aliphatic imine (C=N–C) groups is 1. The van der Waals surface area contributed by atoms with Gasteiger partial charge in [0.2, 0.25) is 0 Å². The molecule has 2 rings (SSSR count). The van der Waals surface area contributed by atoms with Gasteiger partial charge in [0.05, 0.1) is 37.4 Å². The van der Waals surface area contributed by atoms with Crippen molar-refractivity contribution < 1.29 is 14.7 Å². The number of aliphatic hydroxyl groups excluding tert-OH is 1. The van der Waals surface area contributed by atoms with Gasteiger partial charge in [-0.3, -0.25) is 9.69 Å². The van der Waals surface area contributed by atoms with E-state index in [0.717, 1.165) is 4.90 Å². The van der Waals surface area contributed by atoms with Gasteiger partial charge in [-0.1, -0.05) is 0 Å². The molecular formula is C11H13N5O3. The van der Waals surface area contributed by atoms with Crippen molar-refractivity contribution in [2.45, 2.75) is 6.04 Å². The zero-order valence-corrected chi connectivity index (χ0v) is 9.98. The van der Waals surface area contributed by atoms with E-state index in [-0.39, 0.29) is 24.7 Å². The van der Waals surface area contributed by atoms with Gasteiger partial charge in [0.1, 0.15) is 17.8 Å². The van der Waals surface area contributed by atoms with E-state index >= 15 is 0 Å². The third-order valence-corrected chi connectivity index (χ3v) is 2.57. The molecule has 19 heavy (non-hydrogen) atoms. The van der Waals surface area contributed by atoms with Crippen LogP contribution in [0.4, 0.5) is 0 Å². The molecule has 0 radical (unpaired) electrons. The SMILES string of the molecule is N[C@@H](CO)C1=N/C(=C/c2cnc[nH]2)C(=O)N1CC=O. The van der Waals surface area contributed by atoms with Crippen molar-refractivity contribution in [3.05, 3.63) is 23.9 Å². The number of carbonyl (C=O) groups excluding carboxylic acids is 2. The van der Waals surface area contributed by atoms with Crippen molar-refractivity contribution in [2.24, 2.45) is 10.7 Å². The molecule has 0 spiro atoms. The third kappa shape index (κ3) is 2.59. The predicted octanol–water partition coefficient (Wildman–Crippen LogP) is -1.49. The van der Waals surface area contributed by atoms with Crippen molar-refractivity contribution >= 4 is 24.1 Å². The monoisotopic (exact) mass is 263 g/mol. The average Bonchev–Trinajstić information content (AvgIpc) is 3.01. The Bertz CT molecular complexity index is 535. The summed E-state index contributed by atoms with van der Waals surface area (Å²) in [6.07, 6.45) is 5.09. The van der Waals surface area contributed by atoms with Gasteiger partial charge in [-0.25, -0.2) is 9.98 Å². The predicted molar refractivity (Wildman–Crippen MR) is 66.8 cm³/mol. The zero-order valence-electron chi connectivity index (χ0n) is 9.98. The van der Waals surface area contributed by atoms with E-state index in [1.54, 1.807) is 0 Å². The van der Waals surface area contributed by atoms with Gasteiger partial charge in [-0.2, -0.15) is 0 Å². The molecule has 0 unspecified atom stereocenters. The van der Waals surface area contributed by atoms with Crippen LogP contribution >= 0.6 is 0 Å². The van der Waals surface area contributed by atoms with Crippen LogP contribution in [-0.4, -0.2) is 57.2 Å². The van der Waals surface area contributed by atoms with E-state index in [1.807, 2.05) is 0 Å². The highest BCUT2D eigenvalue weighted by atomic mass is 16.3. The Hall–Kier alpha value is -2.32. The lowest BCUT2D eigenvalue weighted by molar-refractivity contribution is -0.124. The third-order valence-electron chi connectivity index (χ3n) is 2.57. The molecule has 8 heteroatoms. The highest BCUT2D eigenvalue weighted by Crippen LogP contribution is 2.18. The topological polar surface area (TPSA) is 125 Å². The number of H-pyrrole nitrogens is 1. The average molecular weight is 263 g/mol. The molecule has 1 aliphatic heterocycles. The van der Waals surface area contributed by atoms with E-state index < -0.39 is 11.9 Å². The number of hydrogen-bond acceptors (Lipinski definition) is 6. The van der Waals surface area contributed by atoms with Gasteiger partial charge >= 0.3 is 0 Å². The van der Waals surface area contributed by atoms with Gasteiger partial charge in [-0.05, 0) is 6.08 Å². The zero-order chi connectivity index (χ0) is 13.8. The molecule has 1 atom stereocenters. The Balaban J connectivity index is 2.34. The van der Waals surface area contributed by atoms with Gasteiger partial charge in [0, 0.05) is 0 Å². The molecule has 0 saturated carbocycles. The molecule has 0 saturated heterocycles. The van der Waals surface area contributed by atoms with Crippen LogP contribution in [0.15, 0.2) is 23.2 Å². The number of carbonyl (C=O) groups is 2. The molecule has 1 aromatic rings. The van der Waals surface area contributed by atoms with Crippen LogP contribution in [0.25, 0.3) is 6.08 Å². The normalized spacial score (nSPS) is 18.8. The Morgan fingerprint density at radius 3 is 2.95 bits per heavy atom. The van der Waals surface area contributed by atoms with Crippen LogP contribution in [0.5, 0.6) is 0 Å². The minimum atomic E-state index is -0.809. The lowest BCUT2D eigenvalue weighted by Crippen LogP contribution is -2.46. The second-order valence-electron chi connectivity index (χ2n) is 3.88. The molecule has 1 amide bonds. The number of amidine groups is 1. The van der Waals surface area contributed by atoms with E-state index in [4.69, 9.17) is 10.8 Å². The molecular weight excluding hydrogens is 250 g/mol. The summed E-state index contributed by atoms with van der Waals surface area (Å²) in [7, 11) is 0. The second-order valence-corrected chi connectivity index (χ2v) is 3.88. The fraction of sp³-hybridized carbons (Fsp3) is 0.273. The highest BCUT2D eigenvalue weighted by molar-refractivity contribution is 6.16. The van der Waals surface area contributed by atoms with Crippen LogP contribution in [0, 0.1) is 0 Å². The minimum Gasteiger partial charge on any atom is -0.394 e. The summed E-state index contributed by atoms with van der Waals surface area (Å²) in [5.41, 5.74) is 6.41. The maximum absolute atomic E-state index is 12.1. The standard InChI is InChI=1S/C11H13N5O3/c12-8(5-18)10-15-9(3-7-4-13-6-14-7)11(19)16(10)1-2-17/h2-4,6,8,18H,1,5,12H2,(H,13,14)/b9-3+/t8-/m0/s1.